The maximum absolute atomic E-state index is 11.7. The molecule has 0 aliphatic carbocycles. The van der Waals surface area contributed by atoms with Crippen molar-refractivity contribution in [3.63, 3.8) is 0 Å². The average Bonchev–Trinajstić information content (AvgIpc) is 2.63. The Hall–Kier alpha value is -2.93. The Labute approximate surface area is 148 Å². The van der Waals surface area contributed by atoms with Crippen LogP contribution in [-0.4, -0.2) is 32.6 Å². The number of aromatic hydroxyl groups is 1. The van der Waals surface area contributed by atoms with Gasteiger partial charge >= 0.3 is 0 Å². The van der Waals surface area contributed by atoms with Crippen molar-refractivity contribution in [1.29, 1.82) is 0 Å². The van der Waals surface area contributed by atoms with Gasteiger partial charge in [-0.1, -0.05) is 12.1 Å². The summed E-state index contributed by atoms with van der Waals surface area (Å²) >= 11 is 0. The van der Waals surface area contributed by atoms with Crippen molar-refractivity contribution in [3.8, 4) is 17.0 Å². The van der Waals surface area contributed by atoms with Gasteiger partial charge in [0.15, 0.2) is 0 Å². The molecule has 0 radical (unpaired) electrons. The van der Waals surface area contributed by atoms with Crippen LogP contribution < -0.4 is 9.62 Å². The summed E-state index contributed by atoms with van der Waals surface area (Å²) < 4.78 is 13.4. The number of hydrogen-bond donors (Lipinski definition) is 2. The van der Waals surface area contributed by atoms with Gasteiger partial charge in [0, 0.05) is 36.4 Å². The van der Waals surface area contributed by atoms with Gasteiger partial charge in [0.25, 0.3) is 0 Å². The van der Waals surface area contributed by atoms with E-state index in [9.17, 15) is 9.32 Å². The van der Waals surface area contributed by atoms with E-state index in [2.05, 4.69) is 15.3 Å². The number of benzene rings is 2. The van der Waals surface area contributed by atoms with Gasteiger partial charge in [-0.15, -0.1) is 0 Å². The van der Waals surface area contributed by atoms with Crippen molar-refractivity contribution in [2.75, 3.05) is 22.9 Å². The van der Waals surface area contributed by atoms with Crippen molar-refractivity contribution < 1.29 is 9.32 Å². The van der Waals surface area contributed by atoms with Crippen molar-refractivity contribution in [1.82, 2.24) is 9.97 Å². The Balaban J connectivity index is 1.87. The first-order valence-electron chi connectivity index (χ1n) is 7.60. The van der Waals surface area contributed by atoms with Gasteiger partial charge in [0.1, 0.15) is 16.7 Å². The molecular weight excluding hydrogens is 336 g/mol. The minimum absolute atomic E-state index is 0.203. The lowest BCUT2D eigenvalue weighted by atomic mass is 10.1. The second-order valence-corrected chi connectivity index (χ2v) is 6.80. The van der Waals surface area contributed by atoms with E-state index in [0.717, 1.165) is 22.6 Å². The van der Waals surface area contributed by atoms with Crippen LogP contribution in [0.15, 0.2) is 60.8 Å². The highest BCUT2D eigenvalue weighted by molar-refractivity contribution is 7.85. The Morgan fingerprint density at radius 1 is 1.12 bits per heavy atom. The van der Waals surface area contributed by atoms with Gasteiger partial charge in [0.05, 0.1) is 5.69 Å². The van der Waals surface area contributed by atoms with Gasteiger partial charge in [-0.25, -0.2) is 14.2 Å². The van der Waals surface area contributed by atoms with E-state index in [1.54, 1.807) is 48.1 Å². The summed E-state index contributed by atoms with van der Waals surface area (Å²) in [5.41, 5.74) is 3.30. The molecule has 0 saturated heterocycles. The molecule has 3 aromatic rings. The van der Waals surface area contributed by atoms with Crippen LogP contribution in [0.5, 0.6) is 5.75 Å². The first-order chi connectivity index (χ1) is 12.0. The lowest BCUT2D eigenvalue weighted by Gasteiger charge is -2.16. The molecule has 0 aliphatic rings. The molecule has 2 aromatic carbocycles. The number of nitrogens with zero attached hydrogens (tertiary/aromatic N) is 3. The lowest BCUT2D eigenvalue weighted by molar-refractivity contribution is 0.475. The second-order valence-electron chi connectivity index (χ2n) is 5.41. The monoisotopic (exact) mass is 354 g/mol. The number of hydrogen-bond acceptors (Lipinski definition) is 5. The zero-order valence-corrected chi connectivity index (χ0v) is 14.7. The summed E-state index contributed by atoms with van der Waals surface area (Å²) in [7, 11) is 0.694. The molecule has 1 aromatic heterocycles. The third-order valence-corrected chi connectivity index (χ3v) is 4.65. The second kappa shape index (κ2) is 7.31. The zero-order valence-electron chi connectivity index (χ0n) is 13.9. The van der Waals surface area contributed by atoms with Crippen LogP contribution in [0, 0.1) is 0 Å². The molecule has 1 heterocycles. The quantitative estimate of drug-likeness (QED) is 0.687. The highest BCUT2D eigenvalue weighted by atomic mass is 32.2. The van der Waals surface area contributed by atoms with Crippen molar-refractivity contribution in [2.45, 2.75) is 0 Å². The number of anilines is 3. The molecule has 2 N–H and O–H groups in total. The molecule has 6 nitrogen and oxygen atoms in total. The third kappa shape index (κ3) is 4.13. The fourth-order valence-corrected chi connectivity index (χ4v) is 2.67. The molecule has 3 rings (SSSR count). The number of rotatable bonds is 5. The van der Waals surface area contributed by atoms with Crippen LogP contribution in [-0.2, 0) is 11.0 Å². The van der Waals surface area contributed by atoms with E-state index in [1.807, 2.05) is 30.3 Å². The molecule has 0 fully saturated rings. The van der Waals surface area contributed by atoms with Crippen LogP contribution in [0.3, 0.4) is 0 Å². The van der Waals surface area contributed by atoms with Gasteiger partial charge in [0.2, 0.25) is 5.95 Å². The molecule has 128 valence electrons. The van der Waals surface area contributed by atoms with Gasteiger partial charge in [-0.05, 0) is 42.5 Å². The van der Waals surface area contributed by atoms with Crippen molar-refractivity contribution >= 4 is 28.3 Å². The first-order valence-corrected chi connectivity index (χ1v) is 9.11. The number of aromatic nitrogens is 2. The average molecular weight is 354 g/mol. The first kappa shape index (κ1) is 16.9. The Morgan fingerprint density at radius 3 is 2.60 bits per heavy atom. The van der Waals surface area contributed by atoms with E-state index >= 15 is 0 Å². The topological polar surface area (TPSA) is 78.3 Å². The third-order valence-electron chi connectivity index (χ3n) is 3.67. The zero-order chi connectivity index (χ0) is 17.8. The van der Waals surface area contributed by atoms with E-state index in [0.29, 0.717) is 5.95 Å². The Morgan fingerprint density at radius 2 is 1.88 bits per heavy atom. The van der Waals surface area contributed by atoms with E-state index in [1.165, 1.54) is 0 Å². The molecular formula is C18H18N4O2S. The molecule has 0 amide bonds. The molecule has 0 bridgehead atoms. The maximum Gasteiger partial charge on any atom is 0.227 e. The highest BCUT2D eigenvalue weighted by Crippen LogP contribution is 2.24. The largest absolute Gasteiger partial charge is 0.508 e. The van der Waals surface area contributed by atoms with Gasteiger partial charge in [-0.2, -0.15) is 0 Å². The summed E-state index contributed by atoms with van der Waals surface area (Å²) in [6.45, 7) is 0. The normalized spacial score (nSPS) is 11.8. The summed E-state index contributed by atoms with van der Waals surface area (Å²) in [6, 6.07) is 16.2. The molecule has 25 heavy (non-hydrogen) atoms. The van der Waals surface area contributed by atoms with Crippen molar-refractivity contribution in [2.24, 2.45) is 0 Å². The fourth-order valence-electron chi connectivity index (χ4n) is 2.26. The molecule has 0 aliphatic heterocycles. The smallest absolute Gasteiger partial charge is 0.227 e. The molecule has 1 atom stereocenters. The van der Waals surface area contributed by atoms with Crippen LogP contribution in [0.1, 0.15) is 0 Å². The van der Waals surface area contributed by atoms with E-state index < -0.39 is 11.0 Å². The molecule has 0 saturated carbocycles. The summed E-state index contributed by atoms with van der Waals surface area (Å²) in [4.78, 5) is 8.75. The van der Waals surface area contributed by atoms with Crippen LogP contribution in [0.25, 0.3) is 11.3 Å². The van der Waals surface area contributed by atoms with Crippen LogP contribution in [0.4, 0.5) is 17.3 Å². The Bertz CT molecular complexity index is 900. The standard InChI is InChI=1S/C18H18N4O2S/c1-22(25(2)24)15-5-3-4-13(12-15)17-10-11-19-18(21-17)20-14-6-8-16(23)9-7-14/h3-12,23H,1-2H3,(H,19,20,21). The van der Waals surface area contributed by atoms with E-state index in [4.69, 9.17) is 0 Å². The van der Waals surface area contributed by atoms with Crippen molar-refractivity contribution in [3.05, 3.63) is 60.8 Å². The number of phenolic OH excluding ortho intramolecular Hbond substituents is 1. The highest BCUT2D eigenvalue weighted by Gasteiger charge is 2.08. The minimum Gasteiger partial charge on any atom is -0.508 e. The fraction of sp³-hybridized carbons (Fsp3) is 0.111. The Kier molecular flexibility index (Phi) is 4.95. The lowest BCUT2D eigenvalue weighted by Crippen LogP contribution is -2.18. The predicted octanol–water partition coefficient (Wildman–Crippen LogP) is 3.32. The van der Waals surface area contributed by atoms with Gasteiger partial charge < -0.3 is 10.4 Å². The molecule has 7 heteroatoms. The number of nitrogens with one attached hydrogen (secondary N) is 1. The predicted molar refractivity (Wildman–Crippen MR) is 101 cm³/mol. The summed E-state index contributed by atoms with van der Waals surface area (Å²) in [5.74, 6) is 0.662. The summed E-state index contributed by atoms with van der Waals surface area (Å²) in [5, 5.41) is 12.4. The van der Waals surface area contributed by atoms with Gasteiger partial charge in [-0.3, -0.25) is 4.31 Å². The SMILES string of the molecule is CN(c1cccc(-c2ccnc(Nc3ccc(O)cc3)n2)c1)S(C)=O. The maximum atomic E-state index is 11.7. The van der Waals surface area contributed by atoms with E-state index in [-0.39, 0.29) is 5.75 Å². The molecule has 1 unspecified atom stereocenters. The van der Waals surface area contributed by atoms with Crippen LogP contribution >= 0.6 is 0 Å². The number of phenols is 1. The van der Waals surface area contributed by atoms with Crippen LogP contribution in [0.2, 0.25) is 0 Å². The minimum atomic E-state index is -1.09. The summed E-state index contributed by atoms with van der Waals surface area (Å²) in [6.07, 6.45) is 3.32. The molecule has 0 spiro atoms.